The van der Waals surface area contributed by atoms with Crippen molar-refractivity contribution in [2.24, 2.45) is 11.7 Å². The molecule has 102 valence electrons. The van der Waals surface area contributed by atoms with Crippen LogP contribution in [0.25, 0.3) is 0 Å². The molecule has 1 heterocycles. The summed E-state index contributed by atoms with van der Waals surface area (Å²) in [6.45, 7) is 1.32. The average molecular weight is 280 g/mol. The number of halogens is 1. The van der Waals surface area contributed by atoms with Gasteiger partial charge in [0.05, 0.1) is 11.4 Å². The SMILES string of the molecule is NC(=S)C1CCCN(C(=O)Cc2cccc(F)c2)C1. The van der Waals surface area contributed by atoms with E-state index in [2.05, 4.69) is 0 Å². The van der Waals surface area contributed by atoms with Crippen molar-refractivity contribution in [3.05, 3.63) is 35.6 Å². The van der Waals surface area contributed by atoms with Gasteiger partial charge in [-0.15, -0.1) is 0 Å². The molecule has 0 bridgehead atoms. The summed E-state index contributed by atoms with van der Waals surface area (Å²) in [5.74, 6) is -0.197. The van der Waals surface area contributed by atoms with Crippen molar-refractivity contribution in [2.45, 2.75) is 19.3 Å². The third-order valence-corrected chi connectivity index (χ3v) is 3.75. The van der Waals surface area contributed by atoms with Gasteiger partial charge in [-0.3, -0.25) is 4.79 Å². The number of nitrogens with zero attached hydrogens (tertiary/aromatic N) is 1. The minimum Gasteiger partial charge on any atom is -0.393 e. The molecule has 0 aromatic heterocycles. The van der Waals surface area contributed by atoms with E-state index in [1.807, 2.05) is 0 Å². The fraction of sp³-hybridized carbons (Fsp3) is 0.429. The Balaban J connectivity index is 1.98. The normalized spacial score (nSPS) is 19.2. The number of carbonyl (C=O) groups is 1. The number of benzene rings is 1. The van der Waals surface area contributed by atoms with Crippen molar-refractivity contribution in [3.8, 4) is 0 Å². The zero-order valence-corrected chi connectivity index (χ0v) is 11.5. The lowest BCUT2D eigenvalue weighted by Crippen LogP contribution is -2.44. The van der Waals surface area contributed by atoms with Gasteiger partial charge in [0.25, 0.3) is 0 Å². The average Bonchev–Trinajstić information content (AvgIpc) is 2.39. The number of piperidine rings is 1. The van der Waals surface area contributed by atoms with Gasteiger partial charge < -0.3 is 10.6 Å². The molecule has 1 aromatic carbocycles. The Morgan fingerprint density at radius 3 is 3.00 bits per heavy atom. The van der Waals surface area contributed by atoms with Gasteiger partial charge >= 0.3 is 0 Å². The smallest absolute Gasteiger partial charge is 0.227 e. The molecule has 1 aliphatic heterocycles. The molecule has 0 radical (unpaired) electrons. The fourth-order valence-electron chi connectivity index (χ4n) is 2.37. The van der Waals surface area contributed by atoms with Crippen molar-refractivity contribution in [1.82, 2.24) is 4.90 Å². The second-order valence-electron chi connectivity index (χ2n) is 4.89. The highest BCUT2D eigenvalue weighted by Crippen LogP contribution is 2.18. The summed E-state index contributed by atoms with van der Waals surface area (Å²) < 4.78 is 13.1. The number of likely N-dealkylation sites (tertiary alicyclic amines) is 1. The van der Waals surface area contributed by atoms with Crippen LogP contribution in [0.3, 0.4) is 0 Å². The molecule has 2 rings (SSSR count). The Bertz CT molecular complexity index is 492. The lowest BCUT2D eigenvalue weighted by Gasteiger charge is -2.32. The van der Waals surface area contributed by atoms with E-state index in [4.69, 9.17) is 18.0 Å². The number of carbonyl (C=O) groups excluding carboxylic acids is 1. The molecule has 3 nitrogen and oxygen atoms in total. The number of hydrogen-bond donors (Lipinski definition) is 1. The fourth-order valence-corrected chi connectivity index (χ4v) is 2.56. The third-order valence-electron chi connectivity index (χ3n) is 3.42. The zero-order chi connectivity index (χ0) is 13.8. The first-order valence-electron chi connectivity index (χ1n) is 6.38. The number of amides is 1. The van der Waals surface area contributed by atoms with Crippen LogP contribution in [-0.4, -0.2) is 28.9 Å². The van der Waals surface area contributed by atoms with Gasteiger partial charge in [0, 0.05) is 19.0 Å². The molecule has 1 amide bonds. The Kier molecular flexibility index (Phi) is 4.47. The molecule has 1 saturated heterocycles. The van der Waals surface area contributed by atoms with Gasteiger partial charge in [-0.2, -0.15) is 0 Å². The van der Waals surface area contributed by atoms with E-state index in [-0.39, 0.29) is 24.1 Å². The van der Waals surface area contributed by atoms with Crippen LogP contribution in [0.1, 0.15) is 18.4 Å². The van der Waals surface area contributed by atoms with Crippen molar-refractivity contribution < 1.29 is 9.18 Å². The summed E-state index contributed by atoms with van der Waals surface area (Å²) in [4.78, 5) is 14.4. The second-order valence-corrected chi connectivity index (χ2v) is 5.36. The predicted octanol–water partition coefficient (Wildman–Crippen LogP) is 1.89. The van der Waals surface area contributed by atoms with E-state index >= 15 is 0 Å². The summed E-state index contributed by atoms with van der Waals surface area (Å²) in [6, 6.07) is 6.15. The van der Waals surface area contributed by atoms with E-state index in [9.17, 15) is 9.18 Å². The molecular weight excluding hydrogens is 263 g/mol. The van der Waals surface area contributed by atoms with E-state index < -0.39 is 0 Å². The summed E-state index contributed by atoms with van der Waals surface area (Å²) in [7, 11) is 0. The van der Waals surface area contributed by atoms with E-state index in [1.165, 1.54) is 12.1 Å². The Morgan fingerprint density at radius 2 is 2.32 bits per heavy atom. The van der Waals surface area contributed by atoms with E-state index in [1.54, 1.807) is 17.0 Å². The Morgan fingerprint density at radius 1 is 1.53 bits per heavy atom. The summed E-state index contributed by atoms with van der Waals surface area (Å²) in [5.41, 5.74) is 6.34. The van der Waals surface area contributed by atoms with Crippen LogP contribution in [-0.2, 0) is 11.2 Å². The monoisotopic (exact) mass is 280 g/mol. The third kappa shape index (κ3) is 3.73. The van der Waals surface area contributed by atoms with Crippen molar-refractivity contribution in [1.29, 1.82) is 0 Å². The number of hydrogen-bond acceptors (Lipinski definition) is 2. The maximum absolute atomic E-state index is 13.1. The summed E-state index contributed by atoms with van der Waals surface area (Å²) in [6.07, 6.45) is 2.08. The first kappa shape index (κ1) is 13.9. The maximum atomic E-state index is 13.1. The van der Waals surface area contributed by atoms with Crippen LogP contribution in [0.15, 0.2) is 24.3 Å². The summed E-state index contributed by atoms with van der Waals surface area (Å²) in [5, 5.41) is 0. The first-order chi connectivity index (χ1) is 9.06. The quantitative estimate of drug-likeness (QED) is 0.860. The van der Waals surface area contributed by atoms with Crippen LogP contribution in [0.2, 0.25) is 0 Å². The highest BCUT2D eigenvalue weighted by Gasteiger charge is 2.25. The van der Waals surface area contributed by atoms with Crippen LogP contribution in [0, 0.1) is 11.7 Å². The number of rotatable bonds is 3. The van der Waals surface area contributed by atoms with Crippen LogP contribution in [0.5, 0.6) is 0 Å². The van der Waals surface area contributed by atoms with Crippen LogP contribution in [0.4, 0.5) is 4.39 Å². The molecule has 0 spiro atoms. The minimum absolute atomic E-state index is 0.00606. The van der Waals surface area contributed by atoms with Crippen molar-refractivity contribution >= 4 is 23.1 Å². The lowest BCUT2D eigenvalue weighted by molar-refractivity contribution is -0.131. The van der Waals surface area contributed by atoms with E-state index in [0.717, 1.165) is 19.4 Å². The number of thiocarbonyl (C=S) groups is 1. The highest BCUT2D eigenvalue weighted by molar-refractivity contribution is 7.80. The van der Waals surface area contributed by atoms with Gasteiger partial charge in [0.15, 0.2) is 0 Å². The predicted molar refractivity (Wildman–Crippen MR) is 76.2 cm³/mol. The molecule has 0 aliphatic carbocycles. The molecule has 1 aromatic rings. The van der Waals surface area contributed by atoms with Crippen molar-refractivity contribution in [3.63, 3.8) is 0 Å². The molecule has 2 N–H and O–H groups in total. The maximum Gasteiger partial charge on any atom is 0.227 e. The van der Waals surface area contributed by atoms with Gasteiger partial charge in [0.2, 0.25) is 5.91 Å². The molecule has 5 heteroatoms. The molecule has 1 aliphatic rings. The number of nitrogens with two attached hydrogens (primary N) is 1. The zero-order valence-electron chi connectivity index (χ0n) is 10.6. The van der Waals surface area contributed by atoms with Crippen LogP contribution >= 0.6 is 12.2 Å². The Hall–Kier alpha value is -1.49. The molecule has 1 atom stereocenters. The van der Waals surface area contributed by atoms with Crippen LogP contribution < -0.4 is 5.73 Å². The second kappa shape index (κ2) is 6.10. The lowest BCUT2D eigenvalue weighted by atomic mass is 9.97. The van der Waals surface area contributed by atoms with Gasteiger partial charge in [-0.05, 0) is 30.5 Å². The molecule has 1 unspecified atom stereocenters. The van der Waals surface area contributed by atoms with Gasteiger partial charge in [-0.25, -0.2) is 4.39 Å². The topological polar surface area (TPSA) is 46.3 Å². The standard InChI is InChI=1S/C14H17FN2OS/c15-12-5-1-3-10(7-12)8-13(18)17-6-2-4-11(9-17)14(16)19/h1,3,5,7,11H,2,4,6,8-9H2,(H2,16,19). The van der Waals surface area contributed by atoms with Crippen molar-refractivity contribution in [2.75, 3.05) is 13.1 Å². The largest absolute Gasteiger partial charge is 0.393 e. The Labute approximate surface area is 117 Å². The first-order valence-corrected chi connectivity index (χ1v) is 6.78. The van der Waals surface area contributed by atoms with Gasteiger partial charge in [0.1, 0.15) is 5.82 Å². The molecule has 1 fully saturated rings. The molecular formula is C14H17FN2OS. The molecule has 0 saturated carbocycles. The van der Waals surface area contributed by atoms with Gasteiger partial charge in [-0.1, -0.05) is 24.4 Å². The highest BCUT2D eigenvalue weighted by atomic mass is 32.1. The molecule has 19 heavy (non-hydrogen) atoms. The summed E-state index contributed by atoms with van der Waals surface area (Å²) >= 11 is 4.99. The van der Waals surface area contributed by atoms with E-state index in [0.29, 0.717) is 17.1 Å². The minimum atomic E-state index is -0.315.